The van der Waals surface area contributed by atoms with E-state index in [2.05, 4.69) is 15.3 Å². The Balaban J connectivity index is 2.61. The molecule has 0 saturated carbocycles. The molecule has 0 spiro atoms. The van der Waals surface area contributed by atoms with Gasteiger partial charge in [0.15, 0.2) is 0 Å². The van der Waals surface area contributed by atoms with Crippen molar-refractivity contribution in [1.82, 2.24) is 15.3 Å². The van der Waals surface area contributed by atoms with Gasteiger partial charge in [0.2, 0.25) is 0 Å². The summed E-state index contributed by atoms with van der Waals surface area (Å²) in [6.07, 6.45) is 1.64. The predicted octanol–water partition coefficient (Wildman–Crippen LogP) is -1.12. The Bertz CT molecular complexity index is 352. The number of carbonyl (C=O) groups is 1. The summed E-state index contributed by atoms with van der Waals surface area (Å²) < 4.78 is 0. The molecular weight excluding hydrogens is 186 g/mol. The van der Waals surface area contributed by atoms with Gasteiger partial charge < -0.3 is 15.4 Å². The van der Waals surface area contributed by atoms with Crippen LogP contribution in [-0.2, 0) is 0 Å². The maximum absolute atomic E-state index is 11.3. The SMILES string of the molecule is C[C@H](O)CNC(=O)c1c[nH]c(=O)cn1. The molecule has 0 aliphatic rings. The van der Waals surface area contributed by atoms with Crippen molar-refractivity contribution in [3.8, 4) is 0 Å². The number of hydrogen-bond acceptors (Lipinski definition) is 4. The van der Waals surface area contributed by atoms with E-state index < -0.39 is 12.0 Å². The van der Waals surface area contributed by atoms with E-state index in [9.17, 15) is 9.59 Å². The van der Waals surface area contributed by atoms with Gasteiger partial charge in [-0.1, -0.05) is 0 Å². The smallest absolute Gasteiger partial charge is 0.271 e. The van der Waals surface area contributed by atoms with E-state index in [-0.39, 0.29) is 17.8 Å². The quantitative estimate of drug-likeness (QED) is 0.572. The second-order valence-electron chi connectivity index (χ2n) is 2.86. The van der Waals surface area contributed by atoms with Gasteiger partial charge in [0.25, 0.3) is 11.5 Å². The van der Waals surface area contributed by atoms with Crippen LogP contribution in [0.4, 0.5) is 0 Å². The molecule has 0 radical (unpaired) electrons. The Hall–Kier alpha value is -1.69. The summed E-state index contributed by atoms with van der Waals surface area (Å²) >= 11 is 0. The second kappa shape index (κ2) is 4.52. The van der Waals surface area contributed by atoms with Crippen LogP contribution in [0, 0.1) is 0 Å². The number of H-pyrrole nitrogens is 1. The van der Waals surface area contributed by atoms with E-state index in [1.54, 1.807) is 6.92 Å². The molecule has 0 aromatic carbocycles. The number of aromatic amines is 1. The van der Waals surface area contributed by atoms with Crippen molar-refractivity contribution in [2.45, 2.75) is 13.0 Å². The lowest BCUT2D eigenvalue weighted by Gasteiger charge is -2.05. The van der Waals surface area contributed by atoms with Gasteiger partial charge in [0, 0.05) is 12.7 Å². The molecule has 0 aliphatic carbocycles. The van der Waals surface area contributed by atoms with Crippen LogP contribution in [0.3, 0.4) is 0 Å². The lowest BCUT2D eigenvalue weighted by Crippen LogP contribution is -2.31. The monoisotopic (exact) mass is 197 g/mol. The highest BCUT2D eigenvalue weighted by atomic mass is 16.3. The summed E-state index contributed by atoms with van der Waals surface area (Å²) in [6, 6.07) is 0. The number of carbonyl (C=O) groups excluding carboxylic acids is 1. The fraction of sp³-hybridized carbons (Fsp3) is 0.375. The van der Waals surface area contributed by atoms with Crippen molar-refractivity contribution in [1.29, 1.82) is 0 Å². The van der Waals surface area contributed by atoms with Crippen LogP contribution in [0.2, 0.25) is 0 Å². The Kier molecular flexibility index (Phi) is 3.35. The fourth-order valence-corrected chi connectivity index (χ4v) is 0.797. The second-order valence-corrected chi connectivity index (χ2v) is 2.86. The van der Waals surface area contributed by atoms with Crippen molar-refractivity contribution in [2.75, 3.05) is 6.54 Å². The largest absolute Gasteiger partial charge is 0.392 e. The minimum atomic E-state index is -0.610. The number of nitrogens with one attached hydrogen (secondary N) is 2. The Morgan fingerprint density at radius 2 is 2.50 bits per heavy atom. The van der Waals surface area contributed by atoms with Crippen molar-refractivity contribution in [2.24, 2.45) is 0 Å². The third kappa shape index (κ3) is 2.98. The van der Waals surface area contributed by atoms with Crippen LogP contribution < -0.4 is 10.9 Å². The molecule has 3 N–H and O–H groups in total. The first kappa shape index (κ1) is 10.4. The highest BCUT2D eigenvalue weighted by Gasteiger charge is 2.06. The van der Waals surface area contributed by atoms with Gasteiger partial charge in [-0.2, -0.15) is 0 Å². The van der Waals surface area contributed by atoms with Crippen LogP contribution >= 0.6 is 0 Å². The Morgan fingerprint density at radius 1 is 1.79 bits per heavy atom. The van der Waals surface area contributed by atoms with Gasteiger partial charge in [-0.05, 0) is 6.92 Å². The molecule has 1 aromatic rings. The van der Waals surface area contributed by atoms with Gasteiger partial charge in [-0.25, -0.2) is 4.98 Å². The minimum Gasteiger partial charge on any atom is -0.392 e. The first-order valence-electron chi connectivity index (χ1n) is 4.10. The van der Waals surface area contributed by atoms with E-state index in [1.165, 1.54) is 6.20 Å². The van der Waals surface area contributed by atoms with Crippen molar-refractivity contribution < 1.29 is 9.90 Å². The van der Waals surface area contributed by atoms with Gasteiger partial charge in [-0.15, -0.1) is 0 Å². The van der Waals surface area contributed by atoms with Crippen LogP contribution in [0.15, 0.2) is 17.2 Å². The molecule has 1 heterocycles. The summed E-state index contributed by atoms with van der Waals surface area (Å²) in [5.41, 5.74) is -0.248. The number of amides is 1. The van der Waals surface area contributed by atoms with Gasteiger partial charge in [0.05, 0.1) is 12.3 Å². The molecule has 1 aromatic heterocycles. The maximum Gasteiger partial charge on any atom is 0.271 e. The minimum absolute atomic E-state index is 0.116. The van der Waals surface area contributed by atoms with Crippen molar-refractivity contribution in [3.63, 3.8) is 0 Å². The van der Waals surface area contributed by atoms with Gasteiger partial charge >= 0.3 is 0 Å². The van der Waals surface area contributed by atoms with Crippen LogP contribution in [-0.4, -0.2) is 33.6 Å². The molecule has 0 bridgehead atoms. The third-order valence-electron chi connectivity index (χ3n) is 1.46. The molecular formula is C8H11N3O3. The molecule has 6 heteroatoms. The summed E-state index contributed by atoms with van der Waals surface area (Å²) in [5.74, 6) is -0.429. The molecule has 6 nitrogen and oxygen atoms in total. The van der Waals surface area contributed by atoms with E-state index in [0.717, 1.165) is 6.20 Å². The predicted molar refractivity (Wildman–Crippen MR) is 48.9 cm³/mol. The lowest BCUT2D eigenvalue weighted by molar-refractivity contribution is 0.0918. The summed E-state index contributed by atoms with van der Waals surface area (Å²) in [7, 11) is 0. The first-order chi connectivity index (χ1) is 6.59. The molecule has 1 rings (SSSR count). The molecule has 0 fully saturated rings. The van der Waals surface area contributed by atoms with Crippen molar-refractivity contribution in [3.05, 3.63) is 28.4 Å². The molecule has 14 heavy (non-hydrogen) atoms. The van der Waals surface area contributed by atoms with Gasteiger partial charge in [-0.3, -0.25) is 9.59 Å². The lowest BCUT2D eigenvalue weighted by atomic mass is 10.3. The summed E-state index contributed by atoms with van der Waals surface area (Å²) in [6.45, 7) is 1.71. The summed E-state index contributed by atoms with van der Waals surface area (Å²) in [5, 5.41) is 11.3. The zero-order valence-corrected chi connectivity index (χ0v) is 7.65. The number of aliphatic hydroxyl groups excluding tert-OH is 1. The summed E-state index contributed by atoms with van der Waals surface area (Å²) in [4.78, 5) is 27.8. The van der Waals surface area contributed by atoms with Crippen LogP contribution in [0.5, 0.6) is 0 Å². The van der Waals surface area contributed by atoms with Crippen molar-refractivity contribution >= 4 is 5.91 Å². The number of aliphatic hydroxyl groups is 1. The Morgan fingerprint density at radius 3 is 3.00 bits per heavy atom. The van der Waals surface area contributed by atoms with Crippen LogP contribution in [0.1, 0.15) is 17.4 Å². The zero-order chi connectivity index (χ0) is 10.6. The van der Waals surface area contributed by atoms with E-state index in [1.807, 2.05) is 0 Å². The van der Waals surface area contributed by atoms with E-state index >= 15 is 0 Å². The average molecular weight is 197 g/mol. The molecule has 0 saturated heterocycles. The zero-order valence-electron chi connectivity index (χ0n) is 7.65. The third-order valence-corrected chi connectivity index (χ3v) is 1.46. The van der Waals surface area contributed by atoms with E-state index in [4.69, 9.17) is 5.11 Å². The molecule has 76 valence electrons. The highest BCUT2D eigenvalue weighted by molar-refractivity contribution is 5.91. The first-order valence-corrected chi connectivity index (χ1v) is 4.10. The Labute approximate surface area is 80.0 Å². The number of hydrogen-bond donors (Lipinski definition) is 3. The topological polar surface area (TPSA) is 95.1 Å². The standard InChI is InChI=1S/C8H11N3O3/c1-5(12)2-11-8(14)6-3-10-7(13)4-9-6/h3-5,12H,2H2,1H3,(H,10,13)(H,11,14)/t5-/m0/s1. The van der Waals surface area contributed by atoms with Gasteiger partial charge in [0.1, 0.15) is 5.69 Å². The molecule has 0 unspecified atom stereocenters. The maximum atomic E-state index is 11.3. The average Bonchev–Trinajstić information content (AvgIpc) is 2.15. The van der Waals surface area contributed by atoms with Crippen LogP contribution in [0.25, 0.3) is 0 Å². The van der Waals surface area contributed by atoms with E-state index in [0.29, 0.717) is 0 Å². The highest BCUT2D eigenvalue weighted by Crippen LogP contribution is 1.87. The molecule has 1 amide bonds. The normalized spacial score (nSPS) is 12.1. The molecule has 0 aliphatic heterocycles. The number of rotatable bonds is 3. The number of aromatic nitrogens is 2. The fourth-order valence-electron chi connectivity index (χ4n) is 0.797. The molecule has 1 atom stereocenters. The number of nitrogens with zero attached hydrogens (tertiary/aromatic N) is 1.